The number of allylic oxidation sites excluding steroid dienone is 4. The number of nitro benzene ring substituents is 1. The number of rotatable bonds is 3. The third kappa shape index (κ3) is 3.29. The molecule has 0 aliphatic heterocycles. The highest BCUT2D eigenvalue weighted by Crippen LogP contribution is 2.20. The van der Waals surface area contributed by atoms with Gasteiger partial charge in [-0.15, -0.1) is 0 Å². The Morgan fingerprint density at radius 3 is 2.57 bits per heavy atom. The Kier molecular flexibility index (Phi) is 3.81. The predicted molar refractivity (Wildman–Crippen MR) is 75.6 cm³/mol. The molecular weight excluding hydrogens is 296 g/mol. The molecule has 0 aromatic heterocycles. The number of carbonyl (C=O) groups excluding carboxylic acids is 1. The molecule has 0 N–H and O–H groups in total. The lowest BCUT2D eigenvalue weighted by molar-refractivity contribution is -0.385. The summed E-state index contributed by atoms with van der Waals surface area (Å²) in [5.74, 6) is -0.251. The maximum absolute atomic E-state index is 12.1. The zero-order chi connectivity index (χ0) is 15.6. The van der Waals surface area contributed by atoms with Crippen LogP contribution < -0.4 is 0 Å². The van der Waals surface area contributed by atoms with Crippen LogP contribution in [-0.2, 0) is 14.8 Å². The molecule has 0 fully saturated rings. The van der Waals surface area contributed by atoms with Gasteiger partial charge in [0, 0.05) is 12.1 Å². The SMILES string of the molecule is CC1=CC(=O)C=C/C1=N/S(=O)(=O)c1cccc([N+](=O)[O-])c1. The van der Waals surface area contributed by atoms with Crippen molar-refractivity contribution in [3.8, 4) is 0 Å². The molecule has 21 heavy (non-hydrogen) atoms. The summed E-state index contributed by atoms with van der Waals surface area (Å²) < 4.78 is 27.9. The van der Waals surface area contributed by atoms with Gasteiger partial charge in [0.1, 0.15) is 0 Å². The van der Waals surface area contributed by atoms with Crippen LogP contribution in [0.4, 0.5) is 5.69 Å². The summed E-state index contributed by atoms with van der Waals surface area (Å²) in [5, 5.41) is 10.7. The predicted octanol–water partition coefficient (Wildman–Crippen LogP) is 1.81. The molecule has 0 bridgehead atoms. The largest absolute Gasteiger partial charge is 0.290 e. The first-order valence-electron chi connectivity index (χ1n) is 5.80. The second-order valence-electron chi connectivity index (χ2n) is 4.27. The fraction of sp³-hybridized carbons (Fsp3) is 0.0769. The molecule has 108 valence electrons. The van der Waals surface area contributed by atoms with Crippen LogP contribution in [0.3, 0.4) is 0 Å². The Hall–Kier alpha value is -2.61. The summed E-state index contributed by atoms with van der Waals surface area (Å²) in [4.78, 5) is 20.8. The molecule has 7 nitrogen and oxygen atoms in total. The number of hydrogen-bond donors (Lipinski definition) is 0. The second kappa shape index (κ2) is 5.41. The highest BCUT2D eigenvalue weighted by Gasteiger charge is 2.19. The lowest BCUT2D eigenvalue weighted by Gasteiger charge is -2.06. The molecule has 0 amide bonds. The van der Waals surface area contributed by atoms with Crippen molar-refractivity contribution in [2.75, 3.05) is 0 Å². The Morgan fingerprint density at radius 1 is 1.24 bits per heavy atom. The van der Waals surface area contributed by atoms with Crippen LogP contribution in [0.5, 0.6) is 0 Å². The molecule has 0 saturated carbocycles. The second-order valence-corrected chi connectivity index (χ2v) is 5.87. The summed E-state index contributed by atoms with van der Waals surface area (Å²) in [6.45, 7) is 1.56. The van der Waals surface area contributed by atoms with Gasteiger partial charge in [-0.25, -0.2) is 0 Å². The van der Waals surface area contributed by atoms with Gasteiger partial charge < -0.3 is 0 Å². The minimum atomic E-state index is -4.09. The van der Waals surface area contributed by atoms with Crippen LogP contribution in [0, 0.1) is 10.1 Å². The lowest BCUT2D eigenvalue weighted by atomic mass is 10.1. The third-order valence-corrected chi connectivity index (χ3v) is 4.00. The van der Waals surface area contributed by atoms with Gasteiger partial charge in [0.2, 0.25) is 0 Å². The molecule has 0 heterocycles. The molecule has 1 aliphatic carbocycles. The quantitative estimate of drug-likeness (QED) is 0.481. The van der Waals surface area contributed by atoms with Crippen LogP contribution in [0.1, 0.15) is 6.92 Å². The van der Waals surface area contributed by atoms with Crippen molar-refractivity contribution in [1.82, 2.24) is 0 Å². The van der Waals surface area contributed by atoms with Gasteiger partial charge in [0.25, 0.3) is 15.7 Å². The Morgan fingerprint density at radius 2 is 1.95 bits per heavy atom. The molecule has 1 aromatic carbocycles. The molecule has 0 saturated heterocycles. The Balaban J connectivity index is 2.46. The monoisotopic (exact) mass is 306 g/mol. The van der Waals surface area contributed by atoms with Gasteiger partial charge in [-0.2, -0.15) is 12.8 Å². The molecule has 0 atom stereocenters. The number of ketones is 1. The van der Waals surface area contributed by atoms with E-state index in [0.29, 0.717) is 5.57 Å². The molecule has 1 aliphatic rings. The number of sulfonamides is 1. The standard InChI is InChI=1S/C13H10N2O5S/c1-9-7-11(16)5-6-13(9)14-21(19,20)12-4-2-3-10(8-12)15(17)18/h2-8H,1H3/b14-13-. The molecule has 1 aromatic rings. The summed E-state index contributed by atoms with van der Waals surface area (Å²) >= 11 is 0. The van der Waals surface area contributed by atoms with E-state index in [1.807, 2.05) is 0 Å². The third-order valence-electron chi connectivity index (χ3n) is 2.71. The number of benzene rings is 1. The van der Waals surface area contributed by atoms with E-state index in [1.165, 1.54) is 36.4 Å². The van der Waals surface area contributed by atoms with Crippen LogP contribution in [0.25, 0.3) is 0 Å². The van der Waals surface area contributed by atoms with Crippen molar-refractivity contribution < 1.29 is 18.1 Å². The zero-order valence-electron chi connectivity index (χ0n) is 10.9. The van der Waals surface area contributed by atoms with Crippen molar-refractivity contribution in [3.63, 3.8) is 0 Å². The summed E-state index contributed by atoms with van der Waals surface area (Å²) in [7, 11) is -4.09. The molecule has 0 spiro atoms. The van der Waals surface area contributed by atoms with Gasteiger partial charge in [-0.3, -0.25) is 14.9 Å². The van der Waals surface area contributed by atoms with Gasteiger partial charge in [-0.1, -0.05) is 6.07 Å². The summed E-state index contributed by atoms with van der Waals surface area (Å²) in [6.07, 6.45) is 3.77. The van der Waals surface area contributed by atoms with Gasteiger partial charge >= 0.3 is 0 Å². The molecule has 0 radical (unpaired) electrons. The van der Waals surface area contributed by atoms with Crippen LogP contribution >= 0.6 is 0 Å². The number of nitrogens with zero attached hydrogens (tertiary/aromatic N) is 2. The summed E-state index contributed by atoms with van der Waals surface area (Å²) in [5.41, 5.74) is 0.204. The highest BCUT2D eigenvalue weighted by atomic mass is 32.2. The number of carbonyl (C=O) groups is 1. The van der Waals surface area contributed by atoms with E-state index in [4.69, 9.17) is 0 Å². The van der Waals surface area contributed by atoms with Crippen molar-refractivity contribution >= 4 is 27.2 Å². The van der Waals surface area contributed by atoms with E-state index in [-0.39, 0.29) is 22.1 Å². The minimum Gasteiger partial charge on any atom is -0.290 e. The van der Waals surface area contributed by atoms with Crippen molar-refractivity contribution in [2.45, 2.75) is 11.8 Å². The zero-order valence-corrected chi connectivity index (χ0v) is 11.7. The van der Waals surface area contributed by atoms with E-state index in [9.17, 15) is 23.3 Å². The molecule has 8 heteroatoms. The lowest BCUT2D eigenvalue weighted by Crippen LogP contribution is -2.09. The average Bonchev–Trinajstić information content (AvgIpc) is 2.42. The smallest absolute Gasteiger partial charge is 0.283 e. The molecule has 2 rings (SSSR count). The first-order chi connectivity index (χ1) is 9.79. The van der Waals surface area contributed by atoms with E-state index in [0.717, 1.165) is 6.07 Å². The number of hydrogen-bond acceptors (Lipinski definition) is 5. The maximum Gasteiger partial charge on any atom is 0.283 e. The van der Waals surface area contributed by atoms with Crippen LogP contribution in [-0.4, -0.2) is 24.8 Å². The minimum absolute atomic E-state index is 0.126. The van der Waals surface area contributed by atoms with E-state index in [1.54, 1.807) is 6.92 Å². The van der Waals surface area contributed by atoms with E-state index >= 15 is 0 Å². The summed E-state index contributed by atoms with van der Waals surface area (Å²) in [6, 6.07) is 4.63. The fourth-order valence-corrected chi connectivity index (χ4v) is 2.76. The Bertz CT molecular complexity index is 819. The Labute approximate surface area is 120 Å². The van der Waals surface area contributed by atoms with Gasteiger partial charge in [0.05, 0.1) is 15.5 Å². The van der Waals surface area contributed by atoms with Gasteiger partial charge in [0.15, 0.2) is 5.78 Å². The molecular formula is C13H10N2O5S. The van der Waals surface area contributed by atoms with E-state index < -0.39 is 14.9 Å². The number of non-ortho nitro benzene ring substituents is 1. The van der Waals surface area contributed by atoms with Crippen LogP contribution in [0.2, 0.25) is 0 Å². The van der Waals surface area contributed by atoms with Crippen molar-refractivity contribution in [1.29, 1.82) is 0 Å². The fourth-order valence-electron chi connectivity index (χ4n) is 1.67. The maximum atomic E-state index is 12.1. The first kappa shape index (κ1) is 14.8. The topological polar surface area (TPSA) is 107 Å². The normalized spacial score (nSPS) is 16.9. The van der Waals surface area contributed by atoms with Gasteiger partial charge in [-0.05, 0) is 36.8 Å². The number of nitro groups is 1. The highest BCUT2D eigenvalue weighted by molar-refractivity contribution is 7.90. The first-order valence-corrected chi connectivity index (χ1v) is 7.24. The average molecular weight is 306 g/mol. The van der Waals surface area contributed by atoms with Crippen molar-refractivity contribution in [2.24, 2.45) is 4.40 Å². The van der Waals surface area contributed by atoms with E-state index in [2.05, 4.69) is 4.40 Å². The molecule has 0 unspecified atom stereocenters. The van der Waals surface area contributed by atoms with Crippen molar-refractivity contribution in [3.05, 3.63) is 58.2 Å². The van der Waals surface area contributed by atoms with Crippen LogP contribution in [0.15, 0.2) is 57.4 Å².